The van der Waals surface area contributed by atoms with Gasteiger partial charge in [-0.3, -0.25) is 0 Å². The van der Waals surface area contributed by atoms with Gasteiger partial charge in [-0.05, 0) is 6.07 Å². The average molecular weight is 181 g/mol. The van der Waals surface area contributed by atoms with E-state index in [9.17, 15) is 0 Å². The molecular formula is C7H11N5O. The first-order valence-electron chi connectivity index (χ1n) is 3.63. The van der Waals surface area contributed by atoms with Crippen molar-refractivity contribution in [2.45, 2.75) is 0 Å². The standard InChI is InChI=1S/C7H11N5O/c1-12(2)7-5(6(8)11-13)3-4-9-10-7/h3-4,13H,1-2H3,(H2,8,11). The van der Waals surface area contributed by atoms with Crippen molar-refractivity contribution < 1.29 is 5.21 Å². The highest BCUT2D eigenvalue weighted by Gasteiger charge is 2.09. The zero-order chi connectivity index (χ0) is 9.84. The van der Waals surface area contributed by atoms with Crippen molar-refractivity contribution in [2.75, 3.05) is 19.0 Å². The van der Waals surface area contributed by atoms with E-state index >= 15 is 0 Å². The van der Waals surface area contributed by atoms with Crippen molar-refractivity contribution in [3.8, 4) is 0 Å². The summed E-state index contributed by atoms with van der Waals surface area (Å²) in [6.07, 6.45) is 1.49. The summed E-state index contributed by atoms with van der Waals surface area (Å²) in [4.78, 5) is 1.74. The van der Waals surface area contributed by atoms with Crippen LogP contribution in [0.1, 0.15) is 5.56 Å². The predicted octanol–water partition coefficient (Wildman–Crippen LogP) is -0.363. The van der Waals surface area contributed by atoms with Gasteiger partial charge < -0.3 is 15.8 Å². The van der Waals surface area contributed by atoms with Gasteiger partial charge in [-0.2, -0.15) is 5.10 Å². The molecule has 0 radical (unpaired) electrons. The number of hydrogen-bond donors (Lipinski definition) is 2. The Morgan fingerprint density at radius 1 is 1.62 bits per heavy atom. The van der Waals surface area contributed by atoms with Crippen molar-refractivity contribution in [3.63, 3.8) is 0 Å². The van der Waals surface area contributed by atoms with Crippen LogP contribution >= 0.6 is 0 Å². The zero-order valence-electron chi connectivity index (χ0n) is 7.47. The van der Waals surface area contributed by atoms with E-state index in [4.69, 9.17) is 10.9 Å². The summed E-state index contributed by atoms with van der Waals surface area (Å²) < 4.78 is 0. The Labute approximate surface area is 75.7 Å². The molecule has 0 amide bonds. The first kappa shape index (κ1) is 9.24. The molecule has 0 aliphatic carbocycles. The largest absolute Gasteiger partial charge is 0.409 e. The minimum atomic E-state index is 0.0265. The van der Waals surface area contributed by atoms with Crippen LogP contribution in [0.3, 0.4) is 0 Å². The van der Waals surface area contributed by atoms with Crippen molar-refractivity contribution in [2.24, 2.45) is 10.9 Å². The summed E-state index contributed by atoms with van der Waals surface area (Å²) in [6, 6.07) is 1.64. The van der Waals surface area contributed by atoms with Crippen molar-refractivity contribution in [1.29, 1.82) is 0 Å². The highest BCUT2D eigenvalue weighted by Crippen LogP contribution is 2.11. The van der Waals surface area contributed by atoms with Gasteiger partial charge in [-0.15, -0.1) is 5.10 Å². The number of rotatable bonds is 2. The van der Waals surface area contributed by atoms with Crippen molar-refractivity contribution in [3.05, 3.63) is 17.8 Å². The molecular weight excluding hydrogens is 170 g/mol. The Morgan fingerprint density at radius 3 is 2.85 bits per heavy atom. The normalized spacial score (nSPS) is 11.4. The van der Waals surface area contributed by atoms with Gasteiger partial charge in [0.2, 0.25) is 0 Å². The molecule has 1 aromatic heterocycles. The van der Waals surface area contributed by atoms with Crippen LogP contribution in [0.5, 0.6) is 0 Å². The lowest BCUT2D eigenvalue weighted by atomic mass is 10.2. The number of oxime groups is 1. The Kier molecular flexibility index (Phi) is 2.63. The monoisotopic (exact) mass is 181 g/mol. The highest BCUT2D eigenvalue weighted by atomic mass is 16.4. The first-order chi connectivity index (χ1) is 6.16. The van der Waals surface area contributed by atoms with Crippen LogP contribution in [-0.4, -0.2) is 35.3 Å². The third-order valence-electron chi connectivity index (χ3n) is 1.51. The fourth-order valence-electron chi connectivity index (χ4n) is 0.908. The second kappa shape index (κ2) is 3.70. The predicted molar refractivity (Wildman–Crippen MR) is 48.9 cm³/mol. The van der Waals surface area contributed by atoms with E-state index in [2.05, 4.69) is 15.4 Å². The van der Waals surface area contributed by atoms with Gasteiger partial charge in [-0.1, -0.05) is 5.16 Å². The van der Waals surface area contributed by atoms with Crippen LogP contribution in [-0.2, 0) is 0 Å². The summed E-state index contributed by atoms with van der Waals surface area (Å²) in [5, 5.41) is 18.9. The van der Waals surface area contributed by atoms with Crippen molar-refractivity contribution >= 4 is 11.7 Å². The Hall–Kier alpha value is -1.85. The molecule has 0 aromatic carbocycles. The summed E-state index contributed by atoms with van der Waals surface area (Å²) in [5.41, 5.74) is 6.00. The molecule has 1 aromatic rings. The molecule has 70 valence electrons. The number of hydrogen-bond acceptors (Lipinski definition) is 5. The molecule has 0 unspecified atom stereocenters. The van der Waals surface area contributed by atoms with Crippen molar-refractivity contribution in [1.82, 2.24) is 10.2 Å². The maximum atomic E-state index is 8.49. The van der Waals surface area contributed by atoms with E-state index in [1.807, 2.05) is 0 Å². The van der Waals surface area contributed by atoms with Crippen LogP contribution in [0.2, 0.25) is 0 Å². The molecule has 1 rings (SSSR count). The minimum Gasteiger partial charge on any atom is -0.409 e. The van der Waals surface area contributed by atoms with Gasteiger partial charge in [0.05, 0.1) is 11.8 Å². The molecule has 0 saturated heterocycles. The topological polar surface area (TPSA) is 87.6 Å². The molecule has 0 aliphatic heterocycles. The van der Waals surface area contributed by atoms with E-state index in [1.165, 1.54) is 6.20 Å². The van der Waals surface area contributed by atoms with Crippen LogP contribution in [0, 0.1) is 0 Å². The summed E-state index contributed by atoms with van der Waals surface area (Å²) in [6.45, 7) is 0. The Bertz CT molecular complexity index is 322. The maximum Gasteiger partial charge on any atom is 0.173 e. The van der Waals surface area contributed by atoms with E-state index in [0.717, 1.165) is 0 Å². The molecule has 0 bridgehead atoms. The number of nitrogens with zero attached hydrogens (tertiary/aromatic N) is 4. The molecule has 6 nitrogen and oxygen atoms in total. The molecule has 0 spiro atoms. The lowest BCUT2D eigenvalue weighted by Gasteiger charge is -2.13. The maximum absolute atomic E-state index is 8.49. The number of nitrogens with two attached hydrogens (primary N) is 1. The third-order valence-corrected chi connectivity index (χ3v) is 1.51. The van der Waals surface area contributed by atoms with Crippen LogP contribution in [0.25, 0.3) is 0 Å². The molecule has 0 aliphatic rings. The minimum absolute atomic E-state index is 0.0265. The van der Waals surface area contributed by atoms with Crippen LogP contribution in [0.15, 0.2) is 17.4 Å². The van der Waals surface area contributed by atoms with Gasteiger partial charge in [0.1, 0.15) is 0 Å². The van der Waals surface area contributed by atoms with Gasteiger partial charge in [0.25, 0.3) is 0 Å². The number of aromatic nitrogens is 2. The molecule has 1 heterocycles. The highest BCUT2D eigenvalue weighted by molar-refractivity contribution is 6.01. The second-order valence-electron chi connectivity index (χ2n) is 2.65. The Morgan fingerprint density at radius 2 is 2.31 bits per heavy atom. The summed E-state index contributed by atoms with van der Waals surface area (Å²) >= 11 is 0. The molecule has 3 N–H and O–H groups in total. The molecule has 0 atom stereocenters. The summed E-state index contributed by atoms with van der Waals surface area (Å²) in [5.74, 6) is 0.594. The van der Waals surface area contributed by atoms with E-state index in [0.29, 0.717) is 11.4 Å². The quantitative estimate of drug-likeness (QED) is 0.281. The van der Waals surface area contributed by atoms with Gasteiger partial charge >= 0.3 is 0 Å². The van der Waals surface area contributed by atoms with Gasteiger partial charge in [-0.25, -0.2) is 0 Å². The van der Waals surface area contributed by atoms with Gasteiger partial charge in [0, 0.05) is 14.1 Å². The van der Waals surface area contributed by atoms with Gasteiger partial charge in [0.15, 0.2) is 11.7 Å². The second-order valence-corrected chi connectivity index (χ2v) is 2.65. The van der Waals surface area contributed by atoms with E-state index < -0.39 is 0 Å². The number of anilines is 1. The molecule has 0 fully saturated rings. The lowest BCUT2D eigenvalue weighted by Crippen LogP contribution is -2.21. The smallest absolute Gasteiger partial charge is 0.173 e. The first-order valence-corrected chi connectivity index (χ1v) is 3.63. The number of amidine groups is 1. The van der Waals surface area contributed by atoms with E-state index in [-0.39, 0.29) is 5.84 Å². The molecule has 6 heteroatoms. The Balaban J connectivity index is 3.20. The van der Waals surface area contributed by atoms with E-state index in [1.54, 1.807) is 25.1 Å². The summed E-state index contributed by atoms with van der Waals surface area (Å²) in [7, 11) is 3.61. The van der Waals surface area contributed by atoms with Crippen LogP contribution < -0.4 is 10.6 Å². The average Bonchev–Trinajstić information content (AvgIpc) is 2.16. The van der Waals surface area contributed by atoms with Crippen LogP contribution in [0.4, 0.5) is 5.82 Å². The fraction of sp³-hybridized carbons (Fsp3) is 0.286. The molecule has 0 saturated carbocycles. The lowest BCUT2D eigenvalue weighted by molar-refractivity contribution is 0.318. The zero-order valence-corrected chi connectivity index (χ0v) is 7.47. The third kappa shape index (κ3) is 1.84. The molecule has 13 heavy (non-hydrogen) atoms. The fourth-order valence-corrected chi connectivity index (χ4v) is 0.908. The SMILES string of the molecule is CN(C)c1nnccc1/C(N)=N/O.